The van der Waals surface area contributed by atoms with Gasteiger partial charge in [-0.2, -0.15) is 0 Å². The first-order valence-corrected chi connectivity index (χ1v) is 17.5. The van der Waals surface area contributed by atoms with Crippen LogP contribution in [-0.2, 0) is 30.4 Å². The zero-order valence-corrected chi connectivity index (χ0v) is 29.7. The molecule has 1 unspecified atom stereocenters. The minimum atomic E-state index is -1.05. The Labute approximate surface area is 310 Å². The van der Waals surface area contributed by atoms with Crippen molar-refractivity contribution in [1.29, 1.82) is 0 Å². The second-order valence-electron chi connectivity index (χ2n) is 12.5. The minimum Gasteiger partial charge on any atom is -0.493 e. The summed E-state index contributed by atoms with van der Waals surface area (Å²) in [5, 5.41) is 8.00. The molecule has 0 aromatic heterocycles. The predicted octanol–water partition coefficient (Wildman–Crippen LogP) is 2.77. The standard InChI is InChI=1S/C38H39N5O11/c1-3-54-29-20-22(10-12-28(29)51-2)21-42-35(47)23-6-5-9-26(33(23)37(42)49)40-31(45)14-16-52-18-19-53-17-15-39-25-8-4-7-24-32(25)38(50)43(36(24)48)27-11-13-30(44)41-34(27)46/h4-10,12,20,27,39H,3,11,13-19,21H2,1-2H3,(H,40,45)(H,41,44,46). The molecule has 0 radical (unpaired) electrons. The predicted molar refractivity (Wildman–Crippen MR) is 191 cm³/mol. The average molecular weight is 742 g/mol. The Bertz CT molecular complexity index is 2010. The van der Waals surface area contributed by atoms with Gasteiger partial charge in [-0.05, 0) is 55.3 Å². The third-order valence-corrected chi connectivity index (χ3v) is 9.02. The van der Waals surface area contributed by atoms with Crippen LogP contribution in [0.1, 0.15) is 73.2 Å². The molecule has 0 saturated carbocycles. The molecular weight excluding hydrogens is 702 g/mol. The number of nitrogens with zero attached hydrogens (tertiary/aromatic N) is 2. The molecule has 0 spiro atoms. The van der Waals surface area contributed by atoms with Crippen molar-refractivity contribution in [2.24, 2.45) is 0 Å². The van der Waals surface area contributed by atoms with Crippen LogP contribution >= 0.6 is 0 Å². The van der Waals surface area contributed by atoms with Crippen molar-refractivity contribution in [3.8, 4) is 11.5 Å². The topological polar surface area (TPSA) is 199 Å². The highest BCUT2D eigenvalue weighted by Crippen LogP contribution is 2.34. The minimum absolute atomic E-state index is 0.00909. The molecule has 3 aliphatic heterocycles. The summed E-state index contributed by atoms with van der Waals surface area (Å²) in [5.41, 5.74) is 1.98. The van der Waals surface area contributed by atoms with Gasteiger partial charge in [-0.3, -0.25) is 48.7 Å². The normalized spacial score (nSPS) is 16.4. The molecule has 7 amide bonds. The van der Waals surface area contributed by atoms with E-state index < -0.39 is 47.4 Å². The number of piperidine rings is 1. The van der Waals surface area contributed by atoms with Crippen molar-refractivity contribution >= 4 is 52.7 Å². The summed E-state index contributed by atoms with van der Waals surface area (Å²) in [7, 11) is 1.53. The monoisotopic (exact) mass is 741 g/mol. The zero-order chi connectivity index (χ0) is 38.4. The third-order valence-electron chi connectivity index (χ3n) is 9.02. The summed E-state index contributed by atoms with van der Waals surface area (Å²) in [6.45, 7) is 3.29. The number of fused-ring (bicyclic) bond motifs is 2. The first-order chi connectivity index (χ1) is 26.1. The zero-order valence-electron chi connectivity index (χ0n) is 29.7. The molecule has 3 aliphatic rings. The molecule has 54 heavy (non-hydrogen) atoms. The van der Waals surface area contributed by atoms with E-state index in [-0.39, 0.29) is 80.2 Å². The number of rotatable bonds is 17. The van der Waals surface area contributed by atoms with Gasteiger partial charge in [-0.25, -0.2) is 0 Å². The van der Waals surface area contributed by atoms with E-state index in [1.165, 1.54) is 13.2 Å². The highest BCUT2D eigenvalue weighted by Gasteiger charge is 2.45. The number of anilines is 2. The summed E-state index contributed by atoms with van der Waals surface area (Å²) in [4.78, 5) is 91.5. The highest BCUT2D eigenvalue weighted by atomic mass is 16.5. The maximum Gasteiger partial charge on any atom is 0.264 e. The number of methoxy groups -OCH3 is 1. The summed E-state index contributed by atoms with van der Waals surface area (Å²) in [5.74, 6) is -2.66. The van der Waals surface area contributed by atoms with Crippen molar-refractivity contribution in [3.05, 3.63) is 82.4 Å². The lowest BCUT2D eigenvalue weighted by Crippen LogP contribution is -2.54. The van der Waals surface area contributed by atoms with Crippen LogP contribution in [0.5, 0.6) is 11.5 Å². The van der Waals surface area contributed by atoms with E-state index in [0.29, 0.717) is 35.9 Å². The fourth-order valence-corrected chi connectivity index (χ4v) is 6.47. The Morgan fingerprint density at radius 3 is 2.24 bits per heavy atom. The second-order valence-corrected chi connectivity index (χ2v) is 12.5. The molecule has 3 heterocycles. The van der Waals surface area contributed by atoms with Gasteiger partial charge in [0.15, 0.2) is 11.5 Å². The van der Waals surface area contributed by atoms with Crippen molar-refractivity contribution in [2.75, 3.05) is 57.3 Å². The maximum absolute atomic E-state index is 13.4. The number of nitrogens with one attached hydrogen (secondary N) is 3. The lowest BCUT2D eigenvalue weighted by Gasteiger charge is -2.27. The van der Waals surface area contributed by atoms with Gasteiger partial charge in [0.2, 0.25) is 17.7 Å². The molecule has 0 bridgehead atoms. The molecule has 3 N–H and O–H groups in total. The number of hydrogen-bond donors (Lipinski definition) is 3. The third kappa shape index (κ3) is 7.79. The molecule has 0 aliphatic carbocycles. The van der Waals surface area contributed by atoms with Crippen LogP contribution in [0.2, 0.25) is 0 Å². The maximum atomic E-state index is 13.4. The quantitative estimate of drug-likeness (QED) is 0.135. The van der Waals surface area contributed by atoms with E-state index >= 15 is 0 Å². The fraction of sp³-hybridized carbons (Fsp3) is 0.342. The van der Waals surface area contributed by atoms with Crippen LogP contribution in [0.15, 0.2) is 54.6 Å². The van der Waals surface area contributed by atoms with Gasteiger partial charge in [0.05, 0.1) is 81.1 Å². The molecule has 6 rings (SSSR count). The van der Waals surface area contributed by atoms with Crippen LogP contribution in [0.4, 0.5) is 11.4 Å². The summed E-state index contributed by atoms with van der Waals surface area (Å²) in [6, 6.07) is 13.7. The molecule has 1 saturated heterocycles. The first-order valence-electron chi connectivity index (χ1n) is 17.5. The number of ether oxygens (including phenoxy) is 4. The van der Waals surface area contributed by atoms with Gasteiger partial charge in [-0.1, -0.05) is 18.2 Å². The van der Waals surface area contributed by atoms with E-state index in [1.54, 1.807) is 48.5 Å². The molecular formula is C38H39N5O11. The summed E-state index contributed by atoms with van der Waals surface area (Å²) in [6.07, 6.45) is 0.0950. The molecule has 16 heteroatoms. The van der Waals surface area contributed by atoms with Crippen molar-refractivity contribution in [1.82, 2.24) is 15.1 Å². The van der Waals surface area contributed by atoms with E-state index in [1.807, 2.05) is 6.92 Å². The van der Waals surface area contributed by atoms with Crippen LogP contribution in [0, 0.1) is 0 Å². The highest BCUT2D eigenvalue weighted by molar-refractivity contribution is 6.26. The lowest BCUT2D eigenvalue weighted by molar-refractivity contribution is -0.136. The average Bonchev–Trinajstić information content (AvgIpc) is 3.55. The van der Waals surface area contributed by atoms with Crippen LogP contribution < -0.4 is 25.4 Å². The Morgan fingerprint density at radius 1 is 0.815 bits per heavy atom. The first kappa shape index (κ1) is 37.6. The number of carbonyl (C=O) groups is 7. The van der Waals surface area contributed by atoms with Crippen LogP contribution in [0.25, 0.3) is 0 Å². The van der Waals surface area contributed by atoms with E-state index in [0.717, 1.165) is 9.80 Å². The lowest BCUT2D eigenvalue weighted by atomic mass is 10.0. The largest absolute Gasteiger partial charge is 0.493 e. The molecule has 16 nitrogen and oxygen atoms in total. The molecule has 3 aromatic rings. The van der Waals surface area contributed by atoms with Crippen molar-refractivity contribution in [2.45, 2.75) is 38.8 Å². The van der Waals surface area contributed by atoms with Crippen molar-refractivity contribution < 1.29 is 52.5 Å². The van der Waals surface area contributed by atoms with Gasteiger partial charge in [0.25, 0.3) is 23.6 Å². The second kappa shape index (κ2) is 16.7. The summed E-state index contributed by atoms with van der Waals surface area (Å²) >= 11 is 0. The van der Waals surface area contributed by atoms with Crippen LogP contribution in [-0.4, -0.2) is 104 Å². The van der Waals surface area contributed by atoms with Gasteiger partial charge in [0, 0.05) is 18.7 Å². The van der Waals surface area contributed by atoms with E-state index in [4.69, 9.17) is 18.9 Å². The fourth-order valence-electron chi connectivity index (χ4n) is 6.47. The Kier molecular flexibility index (Phi) is 11.6. The number of carbonyl (C=O) groups excluding carboxylic acids is 7. The Hall–Kier alpha value is -6.13. The van der Waals surface area contributed by atoms with Gasteiger partial charge >= 0.3 is 0 Å². The molecule has 3 aromatic carbocycles. The Morgan fingerprint density at radius 2 is 1.52 bits per heavy atom. The number of imide groups is 3. The van der Waals surface area contributed by atoms with Gasteiger partial charge in [-0.15, -0.1) is 0 Å². The smallest absolute Gasteiger partial charge is 0.264 e. The number of amides is 7. The van der Waals surface area contributed by atoms with E-state index in [9.17, 15) is 33.6 Å². The van der Waals surface area contributed by atoms with Gasteiger partial charge in [0.1, 0.15) is 6.04 Å². The number of benzene rings is 3. The van der Waals surface area contributed by atoms with Crippen LogP contribution in [0.3, 0.4) is 0 Å². The van der Waals surface area contributed by atoms with Crippen molar-refractivity contribution in [3.63, 3.8) is 0 Å². The molecule has 1 atom stereocenters. The van der Waals surface area contributed by atoms with E-state index in [2.05, 4.69) is 16.0 Å². The number of hydrogen-bond acceptors (Lipinski definition) is 12. The SMILES string of the molecule is CCOc1cc(CN2C(=O)c3cccc(NC(=O)CCOCCOCCNc4cccc5c4C(=O)N(C4CCC(=O)NC4=O)C5=O)c3C2=O)ccc1OC. The summed E-state index contributed by atoms with van der Waals surface area (Å²) < 4.78 is 22.1. The molecule has 282 valence electrons. The molecule has 1 fully saturated rings. The van der Waals surface area contributed by atoms with Gasteiger partial charge < -0.3 is 29.6 Å². The Balaban J connectivity index is 0.916.